The van der Waals surface area contributed by atoms with Gasteiger partial charge in [0.25, 0.3) is 0 Å². The molecule has 21 heavy (non-hydrogen) atoms. The van der Waals surface area contributed by atoms with Crippen LogP contribution >= 0.6 is 0 Å². The predicted octanol–water partition coefficient (Wildman–Crippen LogP) is 7.09. The second-order valence-corrected chi connectivity index (χ2v) is 5.37. The highest BCUT2D eigenvalue weighted by molar-refractivity contribution is 5.43. The fraction of sp³-hybridized carbons (Fsp3) is 0.429. The molecule has 0 radical (unpaired) electrons. The van der Waals surface area contributed by atoms with Crippen molar-refractivity contribution in [2.24, 2.45) is 0 Å². The van der Waals surface area contributed by atoms with Crippen LogP contribution in [-0.2, 0) is 0 Å². The molecular weight excluding hydrogens is 252 g/mol. The van der Waals surface area contributed by atoms with E-state index >= 15 is 0 Å². The van der Waals surface area contributed by atoms with Crippen molar-refractivity contribution in [3.8, 4) is 0 Å². The van der Waals surface area contributed by atoms with Crippen molar-refractivity contribution >= 4 is 0 Å². The predicted molar refractivity (Wildman–Crippen MR) is 98.5 cm³/mol. The zero-order valence-corrected chi connectivity index (χ0v) is 14.3. The highest BCUT2D eigenvalue weighted by Gasteiger charge is 1.99. The lowest BCUT2D eigenvalue weighted by atomic mass is 9.99. The zero-order valence-electron chi connectivity index (χ0n) is 14.3. The Morgan fingerprint density at radius 3 is 1.90 bits per heavy atom. The van der Waals surface area contributed by atoms with E-state index in [0.717, 1.165) is 31.3 Å². The molecule has 0 spiro atoms. The maximum absolute atomic E-state index is 4.10. The summed E-state index contributed by atoms with van der Waals surface area (Å²) in [5, 5.41) is 0. The van der Waals surface area contributed by atoms with Gasteiger partial charge in [-0.15, -0.1) is 0 Å². The summed E-state index contributed by atoms with van der Waals surface area (Å²) in [6, 6.07) is 0. The normalized spacial score (nSPS) is 12.7. The topological polar surface area (TPSA) is 0 Å². The van der Waals surface area contributed by atoms with Crippen molar-refractivity contribution < 1.29 is 0 Å². The highest BCUT2D eigenvalue weighted by Crippen LogP contribution is 2.18. The summed E-state index contributed by atoms with van der Waals surface area (Å²) in [6.45, 7) is 18.6. The van der Waals surface area contributed by atoms with Crippen molar-refractivity contribution in [2.75, 3.05) is 0 Å². The molecule has 0 fully saturated rings. The first-order valence-electron chi connectivity index (χ1n) is 8.16. The third-order valence-corrected chi connectivity index (χ3v) is 3.44. The first kappa shape index (κ1) is 19.4. The largest absolute Gasteiger partial charge is 0.0988 e. The van der Waals surface area contributed by atoms with Crippen LogP contribution in [-0.4, -0.2) is 0 Å². The van der Waals surface area contributed by atoms with E-state index in [1.165, 1.54) is 29.6 Å². The molecule has 0 aliphatic rings. The Bertz CT molecular complexity index is 427. The molecule has 0 amide bonds. The van der Waals surface area contributed by atoms with E-state index in [1.807, 2.05) is 6.08 Å². The summed E-state index contributed by atoms with van der Waals surface area (Å²) in [5.74, 6) is 0. The molecule has 0 nitrogen and oxygen atoms in total. The minimum absolute atomic E-state index is 0.981. The lowest BCUT2D eigenvalue weighted by molar-refractivity contribution is 0.796. The highest BCUT2D eigenvalue weighted by atomic mass is 14.0. The molecule has 0 atom stereocenters. The lowest BCUT2D eigenvalue weighted by Crippen LogP contribution is -1.87. The Balaban J connectivity index is 5.28. The monoisotopic (exact) mass is 284 g/mol. The molecule has 0 aromatic carbocycles. The third kappa shape index (κ3) is 9.07. The number of hydrogen-bond acceptors (Lipinski definition) is 0. The van der Waals surface area contributed by atoms with Crippen LogP contribution in [0.5, 0.6) is 0 Å². The molecule has 0 unspecified atom stereocenters. The van der Waals surface area contributed by atoms with Crippen LogP contribution in [0.2, 0.25) is 0 Å². The van der Waals surface area contributed by atoms with Crippen molar-refractivity contribution in [3.05, 3.63) is 72.4 Å². The van der Waals surface area contributed by atoms with Gasteiger partial charge >= 0.3 is 0 Å². The van der Waals surface area contributed by atoms with E-state index < -0.39 is 0 Å². The Morgan fingerprint density at radius 1 is 0.810 bits per heavy atom. The summed E-state index contributed by atoms with van der Waals surface area (Å²) in [7, 11) is 0. The van der Waals surface area contributed by atoms with Crippen LogP contribution in [0, 0.1) is 0 Å². The van der Waals surface area contributed by atoms with Gasteiger partial charge in [0, 0.05) is 0 Å². The molecule has 116 valence electrons. The second kappa shape index (κ2) is 12.2. The summed E-state index contributed by atoms with van der Waals surface area (Å²) in [5.41, 5.74) is 4.85. The van der Waals surface area contributed by atoms with Gasteiger partial charge in [-0.1, -0.05) is 94.9 Å². The van der Waals surface area contributed by atoms with E-state index in [4.69, 9.17) is 0 Å². The second-order valence-electron chi connectivity index (χ2n) is 5.37. The molecule has 0 rings (SSSR count). The van der Waals surface area contributed by atoms with Crippen LogP contribution in [0.25, 0.3) is 0 Å². The van der Waals surface area contributed by atoms with Crippen LogP contribution in [0.3, 0.4) is 0 Å². The smallest absolute Gasteiger partial charge is 0.0225 e. The zero-order chi connectivity index (χ0) is 16.1. The summed E-state index contributed by atoms with van der Waals surface area (Å²) >= 11 is 0. The molecule has 0 bridgehead atoms. The van der Waals surface area contributed by atoms with Gasteiger partial charge in [0.15, 0.2) is 0 Å². The fourth-order valence-electron chi connectivity index (χ4n) is 1.94. The number of unbranched alkanes of at least 4 members (excludes halogenated alkanes) is 1. The van der Waals surface area contributed by atoms with E-state index in [-0.39, 0.29) is 0 Å². The third-order valence-electron chi connectivity index (χ3n) is 3.44. The Hall–Kier alpha value is -1.56. The molecular formula is C21H32. The van der Waals surface area contributed by atoms with Gasteiger partial charge in [-0.3, -0.25) is 0 Å². The van der Waals surface area contributed by atoms with Gasteiger partial charge in [0.1, 0.15) is 0 Å². The van der Waals surface area contributed by atoms with Gasteiger partial charge in [-0.2, -0.15) is 0 Å². The first-order chi connectivity index (χ1) is 10.1. The van der Waals surface area contributed by atoms with Gasteiger partial charge in [-0.25, -0.2) is 0 Å². The van der Waals surface area contributed by atoms with Crippen molar-refractivity contribution in [1.29, 1.82) is 0 Å². The molecule has 0 N–H and O–H groups in total. The van der Waals surface area contributed by atoms with Crippen LogP contribution < -0.4 is 0 Å². The Labute approximate surface area is 132 Å². The average molecular weight is 284 g/mol. The Morgan fingerprint density at radius 2 is 1.43 bits per heavy atom. The van der Waals surface area contributed by atoms with Gasteiger partial charge in [-0.05, 0) is 36.8 Å². The quantitative estimate of drug-likeness (QED) is 0.355. The maximum atomic E-state index is 4.10. The van der Waals surface area contributed by atoms with Crippen molar-refractivity contribution in [3.63, 3.8) is 0 Å². The number of rotatable bonds is 11. The van der Waals surface area contributed by atoms with Gasteiger partial charge < -0.3 is 0 Å². The van der Waals surface area contributed by atoms with Crippen LogP contribution in [0.4, 0.5) is 0 Å². The van der Waals surface area contributed by atoms with E-state index in [0.29, 0.717) is 0 Å². The van der Waals surface area contributed by atoms with E-state index in [2.05, 4.69) is 64.8 Å². The number of allylic oxidation sites excluding steroid dienone is 9. The summed E-state index contributed by atoms with van der Waals surface area (Å²) < 4.78 is 0. The van der Waals surface area contributed by atoms with Crippen LogP contribution in [0.1, 0.15) is 59.3 Å². The summed E-state index contributed by atoms with van der Waals surface area (Å²) in [4.78, 5) is 0. The molecule has 0 heterocycles. The lowest BCUT2D eigenvalue weighted by Gasteiger charge is -2.06. The minimum Gasteiger partial charge on any atom is -0.0988 e. The molecule has 0 saturated heterocycles. The molecule has 0 aliphatic carbocycles. The van der Waals surface area contributed by atoms with E-state index in [9.17, 15) is 0 Å². The average Bonchev–Trinajstić information content (AvgIpc) is 2.49. The SMILES string of the molecule is C=CC(CCCC)=C(C=CC(=C)CC)C=CC(=C)CCC. The fourth-order valence-corrected chi connectivity index (χ4v) is 1.94. The first-order valence-corrected chi connectivity index (χ1v) is 8.16. The van der Waals surface area contributed by atoms with Crippen molar-refractivity contribution in [1.82, 2.24) is 0 Å². The van der Waals surface area contributed by atoms with Gasteiger partial charge in [0.2, 0.25) is 0 Å². The maximum Gasteiger partial charge on any atom is -0.0225 e. The molecule has 0 aliphatic heterocycles. The molecule has 0 aromatic rings. The Kier molecular flexibility index (Phi) is 11.3. The minimum atomic E-state index is 0.981. The standard InChI is InChI=1S/C21H32/c1-7-11-13-20(10-4)21(16-14-18(5)9-3)17-15-19(6)12-8-2/h10,14-17H,4-9,11-13H2,1-3H3. The molecule has 0 heteroatoms. The summed E-state index contributed by atoms with van der Waals surface area (Å²) in [6.07, 6.45) is 17.2. The molecule has 0 saturated carbocycles. The van der Waals surface area contributed by atoms with Gasteiger partial charge in [0.05, 0.1) is 0 Å². The van der Waals surface area contributed by atoms with Crippen molar-refractivity contribution in [2.45, 2.75) is 59.3 Å². The molecule has 0 aromatic heterocycles. The van der Waals surface area contributed by atoms with Crippen LogP contribution in [0.15, 0.2) is 72.4 Å². The van der Waals surface area contributed by atoms with E-state index in [1.54, 1.807) is 0 Å². The number of hydrogen-bond donors (Lipinski definition) is 0.